The molecule has 3 nitrogen and oxygen atoms in total. The molecule has 1 aliphatic heterocycles. The van der Waals surface area contributed by atoms with Gasteiger partial charge in [-0.2, -0.15) is 0 Å². The van der Waals surface area contributed by atoms with E-state index in [-0.39, 0.29) is 0 Å². The Morgan fingerprint density at radius 3 is 3.00 bits per heavy atom. The third-order valence-electron chi connectivity index (χ3n) is 3.64. The van der Waals surface area contributed by atoms with Gasteiger partial charge in [-0.25, -0.2) is 0 Å². The highest BCUT2D eigenvalue weighted by molar-refractivity contribution is 9.10. The number of morpholine rings is 1. The zero-order chi connectivity index (χ0) is 13.8. The molecule has 2 unspecified atom stereocenters. The number of hydrogen-bond acceptors (Lipinski definition) is 3. The molecule has 1 N–H and O–H groups in total. The van der Waals surface area contributed by atoms with Crippen LogP contribution in [0.4, 0.5) is 5.69 Å². The Labute approximate surface area is 124 Å². The molecular formula is C15H23BrN2O. The lowest BCUT2D eigenvalue weighted by molar-refractivity contribution is 0.0988. The normalized spacial score (nSPS) is 21.5. The molecule has 106 valence electrons. The number of halogens is 1. The molecule has 0 bridgehead atoms. The smallest absolute Gasteiger partial charge is 0.0668 e. The van der Waals surface area contributed by atoms with Crippen molar-refractivity contribution in [3.05, 3.63) is 28.2 Å². The largest absolute Gasteiger partial charge is 0.377 e. The second-order valence-electron chi connectivity index (χ2n) is 5.10. The number of nitrogens with zero attached hydrogens (tertiary/aromatic N) is 1. The minimum Gasteiger partial charge on any atom is -0.377 e. The maximum Gasteiger partial charge on any atom is 0.0668 e. The van der Waals surface area contributed by atoms with Crippen LogP contribution in [0, 0.1) is 0 Å². The van der Waals surface area contributed by atoms with Gasteiger partial charge in [-0.1, -0.05) is 22.9 Å². The standard InChI is InChI=1S/C15H23BrN2O/c1-4-17-12(3)14-9-13(16)5-6-15(14)18-7-8-19-10-11(18)2/h5-6,9,11-12,17H,4,7-8,10H2,1-3H3. The molecule has 1 saturated heterocycles. The van der Waals surface area contributed by atoms with Gasteiger partial charge in [0.25, 0.3) is 0 Å². The number of benzene rings is 1. The van der Waals surface area contributed by atoms with E-state index in [0.29, 0.717) is 12.1 Å². The minimum atomic E-state index is 0.354. The second kappa shape index (κ2) is 6.73. The topological polar surface area (TPSA) is 24.5 Å². The van der Waals surface area contributed by atoms with E-state index in [1.165, 1.54) is 11.3 Å². The van der Waals surface area contributed by atoms with Crippen LogP contribution in [0.2, 0.25) is 0 Å². The van der Waals surface area contributed by atoms with Crippen LogP contribution in [0.15, 0.2) is 22.7 Å². The van der Waals surface area contributed by atoms with Gasteiger partial charge < -0.3 is 15.0 Å². The first-order valence-corrected chi connectivity index (χ1v) is 7.80. The highest BCUT2D eigenvalue weighted by atomic mass is 79.9. The van der Waals surface area contributed by atoms with Crippen molar-refractivity contribution in [2.24, 2.45) is 0 Å². The van der Waals surface area contributed by atoms with Gasteiger partial charge in [0.1, 0.15) is 0 Å². The van der Waals surface area contributed by atoms with Crippen molar-refractivity contribution in [3.63, 3.8) is 0 Å². The van der Waals surface area contributed by atoms with Crippen LogP contribution in [0.3, 0.4) is 0 Å². The van der Waals surface area contributed by atoms with Crippen molar-refractivity contribution in [1.29, 1.82) is 0 Å². The Morgan fingerprint density at radius 2 is 2.32 bits per heavy atom. The van der Waals surface area contributed by atoms with Gasteiger partial charge >= 0.3 is 0 Å². The van der Waals surface area contributed by atoms with Crippen molar-refractivity contribution in [2.45, 2.75) is 32.9 Å². The van der Waals surface area contributed by atoms with E-state index in [0.717, 1.165) is 30.8 Å². The first kappa shape index (κ1) is 14.8. The molecule has 1 aromatic rings. The molecule has 0 radical (unpaired) electrons. The van der Waals surface area contributed by atoms with E-state index < -0.39 is 0 Å². The van der Waals surface area contributed by atoms with Crippen LogP contribution in [-0.2, 0) is 4.74 Å². The fourth-order valence-electron chi connectivity index (χ4n) is 2.63. The van der Waals surface area contributed by atoms with Gasteiger partial charge in [0.2, 0.25) is 0 Å². The van der Waals surface area contributed by atoms with Gasteiger partial charge in [0, 0.05) is 28.8 Å². The number of rotatable bonds is 4. The van der Waals surface area contributed by atoms with Crippen molar-refractivity contribution in [3.8, 4) is 0 Å². The number of ether oxygens (including phenoxy) is 1. The summed E-state index contributed by atoms with van der Waals surface area (Å²) in [6.07, 6.45) is 0. The van der Waals surface area contributed by atoms with Crippen molar-refractivity contribution in [2.75, 3.05) is 31.2 Å². The first-order valence-electron chi connectivity index (χ1n) is 7.00. The second-order valence-corrected chi connectivity index (χ2v) is 6.02. The van der Waals surface area contributed by atoms with Gasteiger partial charge in [0.05, 0.1) is 13.2 Å². The van der Waals surface area contributed by atoms with Gasteiger partial charge in [0.15, 0.2) is 0 Å². The molecule has 0 saturated carbocycles. The van der Waals surface area contributed by atoms with Crippen molar-refractivity contribution >= 4 is 21.6 Å². The summed E-state index contributed by atoms with van der Waals surface area (Å²) >= 11 is 3.58. The molecule has 1 aromatic carbocycles. The minimum absolute atomic E-state index is 0.354. The maximum absolute atomic E-state index is 5.54. The predicted molar refractivity (Wildman–Crippen MR) is 83.9 cm³/mol. The van der Waals surface area contributed by atoms with E-state index >= 15 is 0 Å². The lowest BCUT2D eigenvalue weighted by Gasteiger charge is -2.37. The summed E-state index contributed by atoms with van der Waals surface area (Å²) in [5, 5.41) is 3.50. The fraction of sp³-hybridized carbons (Fsp3) is 0.600. The molecule has 0 aliphatic carbocycles. The average Bonchev–Trinajstić information content (AvgIpc) is 2.40. The van der Waals surface area contributed by atoms with E-state index in [4.69, 9.17) is 4.74 Å². The first-order chi connectivity index (χ1) is 9.13. The highest BCUT2D eigenvalue weighted by Gasteiger charge is 2.23. The summed E-state index contributed by atoms with van der Waals surface area (Å²) in [6, 6.07) is 7.36. The monoisotopic (exact) mass is 326 g/mol. The maximum atomic E-state index is 5.54. The number of hydrogen-bond donors (Lipinski definition) is 1. The van der Waals surface area contributed by atoms with Crippen LogP contribution in [0.1, 0.15) is 32.4 Å². The van der Waals surface area contributed by atoms with Crippen LogP contribution < -0.4 is 10.2 Å². The van der Waals surface area contributed by atoms with Gasteiger partial charge in [-0.3, -0.25) is 0 Å². The van der Waals surface area contributed by atoms with Gasteiger partial charge in [-0.15, -0.1) is 0 Å². The molecule has 2 atom stereocenters. The SMILES string of the molecule is CCNC(C)c1cc(Br)ccc1N1CCOCC1C. The Hall–Kier alpha value is -0.580. The Balaban J connectivity index is 2.32. The van der Waals surface area contributed by atoms with Crippen LogP contribution in [0.25, 0.3) is 0 Å². The molecule has 0 amide bonds. The lowest BCUT2D eigenvalue weighted by Crippen LogP contribution is -2.44. The summed E-state index contributed by atoms with van der Waals surface area (Å²) in [5.74, 6) is 0. The quantitative estimate of drug-likeness (QED) is 0.918. The molecule has 1 fully saturated rings. The Kier molecular flexibility index (Phi) is 5.25. The molecule has 0 spiro atoms. The third-order valence-corrected chi connectivity index (χ3v) is 4.14. The molecule has 1 heterocycles. The van der Waals surface area contributed by atoms with Crippen molar-refractivity contribution in [1.82, 2.24) is 5.32 Å². The molecular weight excluding hydrogens is 304 g/mol. The van der Waals surface area contributed by atoms with Crippen LogP contribution in [-0.4, -0.2) is 32.3 Å². The molecule has 0 aromatic heterocycles. The van der Waals surface area contributed by atoms with E-state index in [9.17, 15) is 0 Å². The number of nitrogens with one attached hydrogen (secondary N) is 1. The zero-order valence-corrected chi connectivity index (χ0v) is 13.5. The third kappa shape index (κ3) is 3.50. The molecule has 2 rings (SSSR count). The van der Waals surface area contributed by atoms with Crippen molar-refractivity contribution < 1.29 is 4.74 Å². The summed E-state index contributed by atoms with van der Waals surface area (Å²) in [5.41, 5.74) is 2.68. The van der Waals surface area contributed by atoms with Crippen LogP contribution in [0.5, 0.6) is 0 Å². The Bertz CT molecular complexity index is 425. The molecule has 4 heteroatoms. The van der Waals surface area contributed by atoms with Gasteiger partial charge in [-0.05, 0) is 44.2 Å². The summed E-state index contributed by atoms with van der Waals surface area (Å²) in [7, 11) is 0. The summed E-state index contributed by atoms with van der Waals surface area (Å²) < 4.78 is 6.67. The molecule has 19 heavy (non-hydrogen) atoms. The van der Waals surface area contributed by atoms with E-state index in [1.54, 1.807) is 0 Å². The fourth-order valence-corrected chi connectivity index (χ4v) is 3.01. The van der Waals surface area contributed by atoms with E-state index in [2.05, 4.69) is 65.1 Å². The Morgan fingerprint density at radius 1 is 1.53 bits per heavy atom. The lowest BCUT2D eigenvalue weighted by atomic mass is 10.0. The number of anilines is 1. The van der Waals surface area contributed by atoms with Crippen LogP contribution >= 0.6 is 15.9 Å². The zero-order valence-electron chi connectivity index (χ0n) is 11.9. The average molecular weight is 327 g/mol. The summed E-state index contributed by atoms with van der Waals surface area (Å²) in [4.78, 5) is 2.46. The van der Waals surface area contributed by atoms with E-state index in [1.807, 2.05) is 0 Å². The summed E-state index contributed by atoms with van der Waals surface area (Å²) in [6.45, 7) is 10.2. The highest BCUT2D eigenvalue weighted by Crippen LogP contribution is 2.31. The predicted octanol–water partition coefficient (Wildman–Crippen LogP) is 3.34. The molecule has 1 aliphatic rings.